The van der Waals surface area contributed by atoms with Crippen LogP contribution in [0, 0.1) is 6.92 Å². The maximum atomic E-state index is 11.0. The molecule has 0 radical (unpaired) electrons. The minimum absolute atomic E-state index is 0.196. The lowest BCUT2D eigenvalue weighted by Gasteiger charge is -2.15. The molecule has 1 aromatic heterocycles. The molecule has 0 aromatic carbocycles. The van der Waals surface area contributed by atoms with Crippen LogP contribution in [0.5, 0.6) is 0 Å². The number of aliphatic hydroxyl groups excluding tert-OH is 1. The van der Waals surface area contributed by atoms with Gasteiger partial charge in [-0.15, -0.1) is 0 Å². The van der Waals surface area contributed by atoms with Crippen LogP contribution in [-0.4, -0.2) is 28.7 Å². The van der Waals surface area contributed by atoms with Crippen LogP contribution in [0.15, 0.2) is 12.4 Å². The van der Waals surface area contributed by atoms with E-state index in [-0.39, 0.29) is 5.69 Å². The van der Waals surface area contributed by atoms with E-state index >= 15 is 0 Å². The first kappa shape index (κ1) is 12.0. The highest BCUT2D eigenvalue weighted by atomic mass is 32.2. The maximum Gasteiger partial charge on any atom is 0.214 e. The molecule has 0 bridgehead atoms. The number of rotatable bonds is 3. The summed E-state index contributed by atoms with van der Waals surface area (Å²) in [6.45, 7) is 3.06. The van der Waals surface area contributed by atoms with E-state index in [1.54, 1.807) is 6.92 Å². The fraction of sp³-hybridized carbons (Fsp3) is 0.500. The molecular weight excluding hydrogens is 218 g/mol. The first-order valence-corrected chi connectivity index (χ1v) is 5.91. The first-order valence-electron chi connectivity index (χ1n) is 4.30. The summed E-state index contributed by atoms with van der Waals surface area (Å²) in [6, 6.07) is 0. The second-order valence-electron chi connectivity index (χ2n) is 3.32. The Morgan fingerprint density at radius 3 is 2.40 bits per heavy atom. The normalized spacial score (nSPS) is 16.0. The van der Waals surface area contributed by atoms with E-state index in [1.807, 2.05) is 0 Å². The Hall–Kier alpha value is -1.05. The molecule has 2 atom stereocenters. The van der Waals surface area contributed by atoms with Crippen molar-refractivity contribution in [2.75, 3.05) is 0 Å². The van der Waals surface area contributed by atoms with Crippen LogP contribution in [0.2, 0.25) is 0 Å². The molecule has 15 heavy (non-hydrogen) atoms. The highest BCUT2D eigenvalue weighted by Gasteiger charge is 2.27. The minimum Gasteiger partial charge on any atom is -0.385 e. The van der Waals surface area contributed by atoms with Gasteiger partial charge in [0.25, 0.3) is 0 Å². The average Bonchev–Trinajstić information content (AvgIpc) is 2.15. The monoisotopic (exact) mass is 231 g/mol. The van der Waals surface area contributed by atoms with Gasteiger partial charge in [0.15, 0.2) is 0 Å². The van der Waals surface area contributed by atoms with Crippen LogP contribution in [-0.2, 0) is 10.0 Å². The van der Waals surface area contributed by atoms with Crippen LogP contribution in [0.1, 0.15) is 24.4 Å². The molecule has 7 heteroatoms. The van der Waals surface area contributed by atoms with Crippen LogP contribution in [0.25, 0.3) is 0 Å². The Bertz CT molecular complexity index is 429. The van der Waals surface area contributed by atoms with Crippen LogP contribution < -0.4 is 5.14 Å². The van der Waals surface area contributed by atoms with Crippen molar-refractivity contribution in [2.24, 2.45) is 5.14 Å². The van der Waals surface area contributed by atoms with Gasteiger partial charge in [-0.3, -0.25) is 9.97 Å². The lowest BCUT2D eigenvalue weighted by Crippen LogP contribution is -2.31. The zero-order valence-corrected chi connectivity index (χ0v) is 9.27. The summed E-state index contributed by atoms with van der Waals surface area (Å²) in [5, 5.41) is 13.5. The Morgan fingerprint density at radius 2 is 2.00 bits per heavy atom. The third-order valence-corrected chi connectivity index (χ3v) is 3.36. The summed E-state index contributed by atoms with van der Waals surface area (Å²) in [4.78, 5) is 7.79. The first-order chi connectivity index (χ1) is 6.82. The molecule has 84 valence electrons. The molecule has 0 fully saturated rings. The minimum atomic E-state index is -3.78. The molecule has 1 aromatic rings. The number of aliphatic hydroxyl groups is 1. The van der Waals surface area contributed by atoms with Crippen molar-refractivity contribution in [3.8, 4) is 0 Å². The van der Waals surface area contributed by atoms with Gasteiger partial charge in [0.1, 0.15) is 11.4 Å². The predicted octanol–water partition coefficient (Wildman–Crippen LogP) is -0.505. The number of sulfonamides is 1. The molecule has 0 saturated carbocycles. The SMILES string of the molecule is Cc1cnc(C(O)C(C)S(N)(=O)=O)cn1. The van der Waals surface area contributed by atoms with E-state index in [2.05, 4.69) is 9.97 Å². The Kier molecular flexibility index (Phi) is 3.38. The number of nitrogens with two attached hydrogens (primary N) is 1. The summed E-state index contributed by atoms with van der Waals surface area (Å²) in [5.41, 5.74) is 0.885. The van der Waals surface area contributed by atoms with Crippen LogP contribution >= 0.6 is 0 Å². The second kappa shape index (κ2) is 4.21. The van der Waals surface area contributed by atoms with Crippen molar-refractivity contribution >= 4 is 10.0 Å². The Morgan fingerprint density at radius 1 is 1.40 bits per heavy atom. The van der Waals surface area contributed by atoms with Crippen LogP contribution in [0.4, 0.5) is 0 Å². The number of nitrogens with zero attached hydrogens (tertiary/aromatic N) is 2. The molecule has 1 heterocycles. The van der Waals surface area contributed by atoms with E-state index < -0.39 is 21.4 Å². The summed E-state index contributed by atoms with van der Waals surface area (Å²) >= 11 is 0. The molecule has 1 rings (SSSR count). The van der Waals surface area contributed by atoms with Gasteiger partial charge in [-0.05, 0) is 13.8 Å². The second-order valence-corrected chi connectivity index (χ2v) is 5.24. The Balaban J connectivity index is 2.95. The van der Waals surface area contributed by atoms with E-state index in [1.165, 1.54) is 19.3 Å². The summed E-state index contributed by atoms with van der Waals surface area (Å²) in [7, 11) is -3.78. The molecule has 0 saturated heterocycles. The van der Waals surface area contributed by atoms with Gasteiger partial charge in [0.2, 0.25) is 10.0 Å². The highest BCUT2D eigenvalue weighted by Crippen LogP contribution is 2.17. The van der Waals surface area contributed by atoms with Gasteiger partial charge in [-0.1, -0.05) is 0 Å². The predicted molar refractivity (Wildman–Crippen MR) is 54.3 cm³/mol. The number of hydrogen-bond donors (Lipinski definition) is 2. The van der Waals surface area contributed by atoms with Crippen molar-refractivity contribution < 1.29 is 13.5 Å². The Labute approximate surface area is 88.2 Å². The fourth-order valence-corrected chi connectivity index (χ4v) is 1.47. The van der Waals surface area contributed by atoms with Gasteiger partial charge in [0, 0.05) is 6.20 Å². The molecule has 0 aliphatic carbocycles. The lowest BCUT2D eigenvalue weighted by molar-refractivity contribution is 0.170. The van der Waals surface area contributed by atoms with Gasteiger partial charge in [-0.25, -0.2) is 13.6 Å². The van der Waals surface area contributed by atoms with E-state index in [0.717, 1.165) is 0 Å². The van der Waals surface area contributed by atoms with Gasteiger partial charge >= 0.3 is 0 Å². The van der Waals surface area contributed by atoms with Crippen molar-refractivity contribution in [3.63, 3.8) is 0 Å². The quantitative estimate of drug-likeness (QED) is 0.729. The van der Waals surface area contributed by atoms with E-state index in [0.29, 0.717) is 5.69 Å². The number of hydrogen-bond acceptors (Lipinski definition) is 5. The van der Waals surface area contributed by atoms with Crippen molar-refractivity contribution in [3.05, 3.63) is 23.8 Å². The topological polar surface area (TPSA) is 106 Å². The van der Waals surface area contributed by atoms with E-state index in [4.69, 9.17) is 5.14 Å². The molecule has 3 N–H and O–H groups in total. The standard InChI is InChI=1S/C8H13N3O3S/c1-5-3-11-7(4-10-5)8(12)6(2)15(9,13)14/h3-4,6,8,12H,1-2H3,(H2,9,13,14). The third-order valence-electron chi connectivity index (χ3n) is 2.07. The van der Waals surface area contributed by atoms with Gasteiger partial charge in [0.05, 0.1) is 17.6 Å². The molecule has 0 aliphatic heterocycles. The van der Waals surface area contributed by atoms with Crippen molar-refractivity contribution in [2.45, 2.75) is 25.2 Å². The highest BCUT2D eigenvalue weighted by molar-refractivity contribution is 7.89. The van der Waals surface area contributed by atoms with Gasteiger partial charge in [-0.2, -0.15) is 0 Å². The molecule has 0 amide bonds. The van der Waals surface area contributed by atoms with Crippen LogP contribution in [0.3, 0.4) is 0 Å². The molecule has 0 aliphatic rings. The third kappa shape index (κ3) is 2.95. The average molecular weight is 231 g/mol. The zero-order chi connectivity index (χ0) is 11.6. The molecule has 0 spiro atoms. The molecular formula is C8H13N3O3S. The smallest absolute Gasteiger partial charge is 0.214 e. The number of primary sulfonamides is 1. The van der Waals surface area contributed by atoms with Gasteiger partial charge < -0.3 is 5.11 Å². The van der Waals surface area contributed by atoms with Crippen molar-refractivity contribution in [1.29, 1.82) is 0 Å². The number of aromatic nitrogens is 2. The zero-order valence-electron chi connectivity index (χ0n) is 8.45. The number of aryl methyl sites for hydroxylation is 1. The molecule has 2 unspecified atom stereocenters. The summed E-state index contributed by atoms with van der Waals surface area (Å²) < 4.78 is 22.0. The fourth-order valence-electron chi connectivity index (χ4n) is 0.975. The summed E-state index contributed by atoms with van der Waals surface area (Å²) in [6.07, 6.45) is 1.53. The summed E-state index contributed by atoms with van der Waals surface area (Å²) in [5.74, 6) is 0. The molecule has 6 nitrogen and oxygen atoms in total. The maximum absolute atomic E-state index is 11.0. The van der Waals surface area contributed by atoms with E-state index in [9.17, 15) is 13.5 Å². The largest absolute Gasteiger partial charge is 0.385 e. The van der Waals surface area contributed by atoms with Crippen molar-refractivity contribution in [1.82, 2.24) is 9.97 Å². The lowest BCUT2D eigenvalue weighted by atomic mass is 10.2.